The zero-order chi connectivity index (χ0) is 18.3. The Morgan fingerprint density at radius 2 is 1.92 bits per heavy atom. The van der Waals surface area contributed by atoms with Crippen LogP contribution in [0.4, 0.5) is 0 Å². The molecule has 2 atom stereocenters. The summed E-state index contributed by atoms with van der Waals surface area (Å²) in [6, 6.07) is 13.0. The van der Waals surface area contributed by atoms with E-state index in [-0.39, 0.29) is 29.0 Å². The monoisotopic (exact) mass is 373 g/mol. The average molecular weight is 373 g/mol. The number of benzene rings is 1. The highest BCUT2D eigenvalue weighted by atomic mass is 32.2. The lowest BCUT2D eigenvalue weighted by atomic mass is 10.2. The maximum atomic E-state index is 13.3. The minimum absolute atomic E-state index is 0.154. The summed E-state index contributed by atoms with van der Waals surface area (Å²) >= 11 is 0. The van der Waals surface area contributed by atoms with Crippen LogP contribution in [-0.2, 0) is 16.6 Å². The van der Waals surface area contributed by atoms with Crippen LogP contribution in [0.15, 0.2) is 53.6 Å². The minimum atomic E-state index is -3.65. The zero-order valence-corrected chi connectivity index (χ0v) is 15.8. The van der Waals surface area contributed by atoms with Gasteiger partial charge in [0, 0.05) is 31.9 Å². The number of hydrogen-bond donors (Lipinski definition) is 0. The van der Waals surface area contributed by atoms with E-state index >= 15 is 0 Å². The van der Waals surface area contributed by atoms with Crippen LogP contribution in [-0.4, -0.2) is 53.9 Å². The minimum Gasteiger partial charge on any atom is -0.470 e. The molecule has 2 aliphatic rings. The molecule has 1 aromatic carbocycles. The van der Waals surface area contributed by atoms with Gasteiger partial charge in [-0.3, -0.25) is 4.90 Å². The Labute approximate surface area is 154 Å². The predicted molar refractivity (Wildman–Crippen MR) is 98.3 cm³/mol. The number of ether oxygens (including phenoxy) is 1. The van der Waals surface area contributed by atoms with Gasteiger partial charge in [-0.25, -0.2) is 13.4 Å². The first-order chi connectivity index (χ1) is 12.5. The summed E-state index contributed by atoms with van der Waals surface area (Å²) in [5.74, 6) is 0.215. The Balaban J connectivity index is 1.68. The highest BCUT2D eigenvalue weighted by Gasteiger charge is 2.48. The summed E-state index contributed by atoms with van der Waals surface area (Å²) in [5.41, 5.74) is 1.21. The van der Waals surface area contributed by atoms with Crippen LogP contribution in [0.1, 0.15) is 19.4 Å². The van der Waals surface area contributed by atoms with Gasteiger partial charge in [-0.1, -0.05) is 30.3 Å². The molecule has 6 nitrogen and oxygen atoms in total. The van der Waals surface area contributed by atoms with Crippen molar-refractivity contribution in [2.45, 2.75) is 43.5 Å². The fraction of sp³-hybridized carbons (Fsp3) is 0.421. The lowest BCUT2D eigenvalue weighted by Crippen LogP contribution is -2.50. The smallest absolute Gasteiger partial charge is 0.249 e. The summed E-state index contributed by atoms with van der Waals surface area (Å²) in [6.07, 6.45) is 1.34. The molecule has 138 valence electrons. The molecule has 0 spiro atoms. The van der Waals surface area contributed by atoms with Crippen molar-refractivity contribution in [3.63, 3.8) is 0 Å². The van der Waals surface area contributed by atoms with Crippen LogP contribution < -0.4 is 4.74 Å². The van der Waals surface area contributed by atoms with Crippen LogP contribution in [0.2, 0.25) is 0 Å². The molecule has 0 radical (unpaired) electrons. The van der Waals surface area contributed by atoms with Crippen molar-refractivity contribution in [3.8, 4) is 5.88 Å². The molecular formula is C19H23N3O3S. The fourth-order valence-electron chi connectivity index (χ4n) is 3.92. The lowest BCUT2D eigenvalue weighted by Gasteiger charge is -2.31. The van der Waals surface area contributed by atoms with Crippen molar-refractivity contribution in [1.82, 2.24) is 14.2 Å². The molecule has 1 aromatic heterocycles. The number of hydrogen-bond acceptors (Lipinski definition) is 5. The number of aromatic nitrogens is 1. The van der Waals surface area contributed by atoms with Gasteiger partial charge in [-0.2, -0.15) is 4.31 Å². The van der Waals surface area contributed by atoms with Crippen LogP contribution in [0.5, 0.6) is 5.88 Å². The molecule has 7 heteroatoms. The molecule has 26 heavy (non-hydrogen) atoms. The molecule has 2 aliphatic heterocycles. The van der Waals surface area contributed by atoms with E-state index in [0.717, 1.165) is 6.54 Å². The third-order valence-electron chi connectivity index (χ3n) is 4.95. The van der Waals surface area contributed by atoms with Gasteiger partial charge in [0.2, 0.25) is 15.9 Å². The SMILES string of the molecule is CC(C)N1C2CN(Cc3ccccc3)CC2Oc2ncccc2S1(=O)=O. The van der Waals surface area contributed by atoms with Gasteiger partial charge in [0.1, 0.15) is 11.0 Å². The average Bonchev–Trinajstić information content (AvgIpc) is 2.93. The predicted octanol–water partition coefficient (Wildman–Crippen LogP) is 2.13. The molecule has 1 fully saturated rings. The van der Waals surface area contributed by atoms with Crippen LogP contribution in [0.3, 0.4) is 0 Å². The molecule has 4 rings (SSSR count). The highest BCUT2D eigenvalue weighted by molar-refractivity contribution is 7.89. The molecule has 3 heterocycles. The topological polar surface area (TPSA) is 62.7 Å². The maximum absolute atomic E-state index is 13.3. The lowest BCUT2D eigenvalue weighted by molar-refractivity contribution is 0.135. The Bertz CT molecular complexity index is 886. The van der Waals surface area contributed by atoms with Crippen molar-refractivity contribution in [1.29, 1.82) is 0 Å². The molecule has 0 aliphatic carbocycles. The molecule has 0 N–H and O–H groups in total. The normalized spacial score (nSPS) is 25.3. The van der Waals surface area contributed by atoms with Crippen molar-refractivity contribution < 1.29 is 13.2 Å². The molecule has 2 unspecified atom stereocenters. The molecule has 1 saturated heterocycles. The second-order valence-corrected chi connectivity index (χ2v) is 8.95. The molecule has 0 amide bonds. The number of pyridine rings is 1. The van der Waals surface area contributed by atoms with E-state index < -0.39 is 10.0 Å². The van der Waals surface area contributed by atoms with Gasteiger partial charge in [-0.05, 0) is 31.5 Å². The Morgan fingerprint density at radius 1 is 1.15 bits per heavy atom. The number of fused-ring (bicyclic) bond motifs is 2. The first-order valence-electron chi connectivity index (χ1n) is 8.88. The van der Waals surface area contributed by atoms with Crippen LogP contribution >= 0.6 is 0 Å². The van der Waals surface area contributed by atoms with Gasteiger partial charge in [0.15, 0.2) is 0 Å². The first kappa shape index (κ1) is 17.5. The summed E-state index contributed by atoms with van der Waals surface area (Å²) in [6.45, 7) is 5.92. The molecule has 0 bridgehead atoms. The van der Waals surface area contributed by atoms with E-state index in [1.54, 1.807) is 22.6 Å². The van der Waals surface area contributed by atoms with Gasteiger partial charge in [0.25, 0.3) is 0 Å². The Morgan fingerprint density at radius 3 is 2.65 bits per heavy atom. The highest BCUT2D eigenvalue weighted by Crippen LogP contribution is 2.36. The van der Waals surface area contributed by atoms with Gasteiger partial charge >= 0.3 is 0 Å². The zero-order valence-electron chi connectivity index (χ0n) is 14.9. The van der Waals surface area contributed by atoms with Crippen molar-refractivity contribution >= 4 is 10.0 Å². The van der Waals surface area contributed by atoms with E-state index in [4.69, 9.17) is 4.74 Å². The summed E-state index contributed by atoms with van der Waals surface area (Å²) < 4.78 is 34.2. The first-order valence-corrected chi connectivity index (χ1v) is 10.3. The van der Waals surface area contributed by atoms with E-state index in [1.807, 2.05) is 32.0 Å². The molecule has 0 saturated carbocycles. The van der Waals surface area contributed by atoms with E-state index in [1.165, 1.54) is 5.56 Å². The quantitative estimate of drug-likeness (QED) is 0.825. The van der Waals surface area contributed by atoms with E-state index in [9.17, 15) is 8.42 Å². The van der Waals surface area contributed by atoms with Gasteiger partial charge in [-0.15, -0.1) is 0 Å². The summed E-state index contributed by atoms with van der Waals surface area (Å²) in [7, 11) is -3.65. The summed E-state index contributed by atoms with van der Waals surface area (Å²) in [4.78, 5) is 6.61. The van der Waals surface area contributed by atoms with E-state index in [2.05, 4.69) is 22.0 Å². The largest absolute Gasteiger partial charge is 0.470 e. The third-order valence-corrected chi connectivity index (χ3v) is 7.07. The second kappa shape index (κ2) is 6.64. The summed E-state index contributed by atoms with van der Waals surface area (Å²) in [5, 5.41) is 0. The number of rotatable bonds is 3. The maximum Gasteiger partial charge on any atom is 0.249 e. The standard InChI is InChI=1S/C19H23N3O3S/c1-14(2)22-16-12-21(11-15-7-4-3-5-8-15)13-17(16)25-19-18(26(22,23)24)9-6-10-20-19/h3-10,14,16-17H,11-13H2,1-2H3. The fourth-order valence-corrected chi connectivity index (χ4v) is 5.83. The number of sulfonamides is 1. The van der Waals surface area contributed by atoms with Crippen molar-refractivity contribution in [2.75, 3.05) is 13.1 Å². The second-order valence-electron chi connectivity index (χ2n) is 7.14. The number of likely N-dealkylation sites (tertiary alicyclic amines) is 1. The third kappa shape index (κ3) is 3.00. The number of nitrogens with zero attached hydrogens (tertiary/aromatic N) is 3. The molecular weight excluding hydrogens is 350 g/mol. The Hall–Kier alpha value is -1.96. The van der Waals surface area contributed by atoms with Crippen molar-refractivity contribution in [2.24, 2.45) is 0 Å². The Kier molecular flexibility index (Phi) is 4.46. The van der Waals surface area contributed by atoms with Gasteiger partial charge in [0.05, 0.1) is 6.04 Å². The van der Waals surface area contributed by atoms with Crippen LogP contribution in [0.25, 0.3) is 0 Å². The van der Waals surface area contributed by atoms with Crippen molar-refractivity contribution in [3.05, 3.63) is 54.2 Å². The van der Waals surface area contributed by atoms with Crippen LogP contribution in [0, 0.1) is 0 Å². The molecule has 2 aromatic rings. The van der Waals surface area contributed by atoms with Gasteiger partial charge < -0.3 is 4.74 Å². The van der Waals surface area contributed by atoms with E-state index in [0.29, 0.717) is 13.1 Å².